The van der Waals surface area contributed by atoms with E-state index in [1.807, 2.05) is 0 Å². The average molecular weight is 115 g/mol. The van der Waals surface area contributed by atoms with Crippen LogP contribution in [-0.2, 0) is 4.79 Å². The number of thiol groups is 1. The van der Waals surface area contributed by atoms with Crippen molar-refractivity contribution in [2.45, 2.75) is 6.04 Å². The lowest BCUT2D eigenvalue weighted by Gasteiger charge is -1.99. The van der Waals surface area contributed by atoms with Crippen LogP contribution >= 0.6 is 12.6 Å². The minimum absolute atomic E-state index is 0.315. The number of hydrogen-bond donors (Lipinski definition) is 2. The summed E-state index contributed by atoms with van der Waals surface area (Å²) in [7, 11) is 4.73. The molecule has 2 N–H and O–H groups in total. The molecule has 7 heavy (non-hydrogen) atoms. The van der Waals surface area contributed by atoms with E-state index in [2.05, 4.69) is 12.6 Å². The molecule has 0 spiro atoms. The lowest BCUT2D eigenvalue weighted by molar-refractivity contribution is -0.112. The Labute approximate surface area is 49.3 Å². The molecule has 4 heteroatoms. The molecule has 0 unspecified atom stereocenters. The normalized spacial score (nSPS) is 13.4. The lowest BCUT2D eigenvalue weighted by atomic mass is 9.97. The highest BCUT2D eigenvalue weighted by Crippen LogP contribution is 1.79. The molecule has 0 fully saturated rings. The monoisotopic (exact) mass is 115 g/mol. The molecule has 0 saturated heterocycles. The largest absolute Gasteiger partial charge is 0.322 e. The fourth-order valence-corrected chi connectivity index (χ4v) is 0.270. The highest BCUT2D eigenvalue weighted by atomic mass is 32.1. The van der Waals surface area contributed by atoms with Gasteiger partial charge in [0.15, 0.2) is 7.85 Å². The first-order chi connectivity index (χ1) is 3.18. The molecule has 0 aromatic heterocycles. The first-order valence-corrected chi connectivity index (χ1v) is 2.47. The summed E-state index contributed by atoms with van der Waals surface area (Å²) in [6.07, 6.45) is 0. The van der Waals surface area contributed by atoms with Crippen molar-refractivity contribution >= 4 is 26.2 Å². The van der Waals surface area contributed by atoms with Gasteiger partial charge in [-0.2, -0.15) is 12.6 Å². The molecule has 2 radical (unpaired) electrons. The van der Waals surface area contributed by atoms with E-state index < -0.39 is 11.7 Å². The van der Waals surface area contributed by atoms with Gasteiger partial charge in [-0.05, 0) is 0 Å². The van der Waals surface area contributed by atoms with Crippen molar-refractivity contribution in [3.63, 3.8) is 0 Å². The number of hydrogen-bond acceptors (Lipinski definition) is 3. The van der Waals surface area contributed by atoms with Gasteiger partial charge in [0, 0.05) is 5.75 Å². The van der Waals surface area contributed by atoms with E-state index >= 15 is 0 Å². The van der Waals surface area contributed by atoms with E-state index in [0.717, 1.165) is 0 Å². The molecular formula is C3H6BNOS. The third kappa shape index (κ3) is 2.71. The van der Waals surface area contributed by atoms with Crippen LogP contribution in [0.3, 0.4) is 0 Å². The smallest absolute Gasteiger partial charge is 0.170 e. The second-order valence-corrected chi connectivity index (χ2v) is 1.56. The van der Waals surface area contributed by atoms with Crippen LogP contribution in [0.2, 0.25) is 0 Å². The van der Waals surface area contributed by atoms with E-state index in [4.69, 9.17) is 13.6 Å². The third-order valence-electron chi connectivity index (χ3n) is 0.562. The molecular weight excluding hydrogens is 109 g/mol. The Morgan fingerprint density at radius 3 is 2.43 bits per heavy atom. The van der Waals surface area contributed by atoms with Crippen LogP contribution < -0.4 is 5.73 Å². The van der Waals surface area contributed by atoms with Crippen LogP contribution in [-0.4, -0.2) is 25.3 Å². The quantitative estimate of drug-likeness (QED) is 0.355. The Bertz CT molecular complexity index is 77.3. The molecule has 38 valence electrons. The van der Waals surface area contributed by atoms with Crippen LogP contribution in [0.4, 0.5) is 0 Å². The minimum atomic E-state index is -0.594. The predicted octanol–water partition coefficient (Wildman–Crippen LogP) is -1.06. The summed E-state index contributed by atoms with van der Waals surface area (Å²) in [5.41, 5.74) is 4.56. The summed E-state index contributed by atoms with van der Waals surface area (Å²) in [4.78, 5) is 9.98. The van der Waals surface area contributed by atoms with Crippen molar-refractivity contribution in [1.82, 2.24) is 0 Å². The zero-order chi connectivity index (χ0) is 5.86. The molecule has 0 heterocycles. The van der Waals surface area contributed by atoms with E-state index in [1.165, 1.54) is 0 Å². The van der Waals surface area contributed by atoms with E-state index in [-0.39, 0.29) is 0 Å². The molecule has 0 aliphatic carbocycles. The Balaban J connectivity index is 3.34. The van der Waals surface area contributed by atoms with E-state index in [0.29, 0.717) is 5.75 Å². The summed E-state index contributed by atoms with van der Waals surface area (Å²) in [6.45, 7) is 0. The van der Waals surface area contributed by atoms with Crippen molar-refractivity contribution in [2.24, 2.45) is 5.73 Å². The van der Waals surface area contributed by atoms with Crippen LogP contribution in [0.5, 0.6) is 0 Å². The van der Waals surface area contributed by atoms with Crippen LogP contribution in [0, 0.1) is 0 Å². The first kappa shape index (κ1) is 7.04. The molecule has 0 aliphatic rings. The summed E-state index contributed by atoms with van der Waals surface area (Å²) < 4.78 is 0. The van der Waals surface area contributed by atoms with Crippen molar-refractivity contribution in [2.75, 3.05) is 5.75 Å². The number of carbonyl (C=O) groups is 1. The van der Waals surface area contributed by atoms with Gasteiger partial charge in [0.2, 0.25) is 0 Å². The molecule has 0 bridgehead atoms. The van der Waals surface area contributed by atoms with Gasteiger partial charge in [-0.25, -0.2) is 0 Å². The predicted molar refractivity (Wildman–Crippen MR) is 32.6 cm³/mol. The Hall–Kier alpha value is 0.0449. The van der Waals surface area contributed by atoms with Crippen molar-refractivity contribution < 1.29 is 4.79 Å². The first-order valence-electron chi connectivity index (χ1n) is 1.84. The highest BCUT2D eigenvalue weighted by molar-refractivity contribution is 7.80. The van der Waals surface area contributed by atoms with Gasteiger partial charge < -0.3 is 10.5 Å². The molecule has 0 amide bonds. The molecule has 0 aliphatic heterocycles. The highest BCUT2D eigenvalue weighted by Gasteiger charge is 2.01. The van der Waals surface area contributed by atoms with Crippen molar-refractivity contribution in [3.8, 4) is 0 Å². The third-order valence-corrected chi connectivity index (χ3v) is 0.956. The van der Waals surface area contributed by atoms with Gasteiger partial charge in [-0.3, -0.25) is 0 Å². The molecule has 0 saturated carbocycles. The minimum Gasteiger partial charge on any atom is -0.322 e. The Morgan fingerprint density at radius 1 is 2.00 bits per heavy atom. The second-order valence-electron chi connectivity index (χ2n) is 1.19. The van der Waals surface area contributed by atoms with Gasteiger partial charge in [-0.15, -0.1) is 0 Å². The molecule has 1 atom stereocenters. The average Bonchev–Trinajstić information content (AvgIpc) is 1.65. The standard InChI is InChI=1S/C3H6BNOS/c4-3(6)2(5)1-7/h2,7H,1,5H2/t2-/m0/s1. The maximum absolute atomic E-state index is 9.98. The van der Waals surface area contributed by atoms with Crippen molar-refractivity contribution in [3.05, 3.63) is 0 Å². The van der Waals surface area contributed by atoms with Crippen LogP contribution in [0.25, 0.3) is 0 Å². The van der Waals surface area contributed by atoms with Crippen LogP contribution in [0.1, 0.15) is 0 Å². The summed E-state index contributed by atoms with van der Waals surface area (Å²) in [6, 6.07) is -0.594. The van der Waals surface area contributed by atoms with Gasteiger partial charge in [0.05, 0.1) is 11.7 Å². The lowest BCUT2D eigenvalue weighted by Crippen LogP contribution is -2.31. The van der Waals surface area contributed by atoms with Crippen LogP contribution in [0.15, 0.2) is 0 Å². The van der Waals surface area contributed by atoms with E-state index in [1.54, 1.807) is 0 Å². The molecule has 2 nitrogen and oxygen atoms in total. The fraction of sp³-hybridized carbons (Fsp3) is 0.667. The SMILES string of the molecule is [B]C(=O)[C@@H](N)CS. The van der Waals surface area contributed by atoms with Gasteiger partial charge >= 0.3 is 0 Å². The molecule has 0 aromatic carbocycles. The topological polar surface area (TPSA) is 43.1 Å². The fourth-order valence-electron chi connectivity index (χ4n) is 0.0900. The molecule has 0 aromatic rings. The van der Waals surface area contributed by atoms with Gasteiger partial charge in [0.25, 0.3) is 0 Å². The summed E-state index contributed by atoms with van der Waals surface area (Å²) in [5.74, 6) is 0.315. The Kier molecular flexibility index (Phi) is 3.12. The summed E-state index contributed by atoms with van der Waals surface area (Å²) >= 11 is 3.73. The number of carbonyl (C=O) groups excluding carboxylic acids is 1. The van der Waals surface area contributed by atoms with Crippen molar-refractivity contribution in [1.29, 1.82) is 0 Å². The Morgan fingerprint density at radius 2 is 2.43 bits per heavy atom. The summed E-state index contributed by atoms with van der Waals surface area (Å²) in [5, 5.41) is 0. The second kappa shape index (κ2) is 3.10. The maximum Gasteiger partial charge on any atom is 0.170 e. The van der Waals surface area contributed by atoms with Gasteiger partial charge in [0.1, 0.15) is 0 Å². The molecule has 0 rings (SSSR count). The van der Waals surface area contributed by atoms with Gasteiger partial charge in [-0.1, -0.05) is 0 Å². The maximum atomic E-state index is 9.98. The zero-order valence-corrected chi connectivity index (χ0v) is 4.69. The van der Waals surface area contributed by atoms with E-state index in [9.17, 15) is 4.79 Å². The number of rotatable bonds is 2. The zero-order valence-electron chi connectivity index (χ0n) is 3.79. The number of nitrogens with two attached hydrogens (primary N) is 1.